The highest BCUT2D eigenvalue weighted by Gasteiger charge is 2.43. The molecule has 94 valence electrons. The molecule has 0 saturated heterocycles. The van der Waals surface area contributed by atoms with E-state index in [0.29, 0.717) is 17.7 Å². The molecule has 0 radical (unpaired) electrons. The van der Waals surface area contributed by atoms with E-state index in [1.807, 2.05) is 13.0 Å². The van der Waals surface area contributed by atoms with Crippen LogP contribution in [0, 0.1) is 0 Å². The van der Waals surface area contributed by atoms with Crippen LogP contribution < -0.4 is 5.73 Å². The Morgan fingerprint density at radius 1 is 1.28 bits per heavy atom. The summed E-state index contributed by atoms with van der Waals surface area (Å²) in [6.07, 6.45) is 1.90. The van der Waals surface area contributed by atoms with Crippen molar-refractivity contribution >= 4 is 0 Å². The lowest BCUT2D eigenvalue weighted by molar-refractivity contribution is 0.412. The molecule has 1 fully saturated rings. The van der Waals surface area contributed by atoms with Gasteiger partial charge < -0.3 is 10.2 Å². The fraction of sp³-hybridized carbons (Fsp3) is 0.429. The summed E-state index contributed by atoms with van der Waals surface area (Å²) in [5.74, 6) is 2.20. The van der Waals surface area contributed by atoms with Crippen molar-refractivity contribution in [1.82, 2.24) is 10.2 Å². The molecule has 2 N–H and O–H groups in total. The van der Waals surface area contributed by atoms with Crippen molar-refractivity contribution in [1.29, 1.82) is 0 Å². The predicted octanol–water partition coefficient (Wildman–Crippen LogP) is 2.75. The molecular formula is C14H17N3O. The van der Waals surface area contributed by atoms with Crippen LogP contribution in [0.4, 0.5) is 0 Å². The maximum atomic E-state index is 5.88. The Hall–Kier alpha value is -1.68. The minimum Gasteiger partial charge on any atom is -0.423 e. The normalized spacial score (nSPS) is 23.9. The Morgan fingerprint density at radius 2 is 2.06 bits per heavy atom. The van der Waals surface area contributed by atoms with Crippen LogP contribution >= 0.6 is 0 Å². The molecule has 3 unspecified atom stereocenters. The molecule has 0 amide bonds. The van der Waals surface area contributed by atoms with Crippen molar-refractivity contribution < 1.29 is 4.42 Å². The summed E-state index contributed by atoms with van der Waals surface area (Å²) < 4.78 is 5.66. The smallest absolute Gasteiger partial charge is 0.233 e. The highest BCUT2D eigenvalue weighted by atomic mass is 16.4. The maximum absolute atomic E-state index is 5.88. The molecule has 3 rings (SSSR count). The summed E-state index contributed by atoms with van der Waals surface area (Å²) >= 11 is 0. The second-order valence-electron chi connectivity index (χ2n) is 4.85. The van der Waals surface area contributed by atoms with Gasteiger partial charge in [-0.15, -0.1) is 10.2 Å². The molecule has 1 saturated carbocycles. The zero-order valence-electron chi connectivity index (χ0n) is 10.4. The number of nitrogens with two attached hydrogens (primary N) is 1. The molecule has 0 bridgehead atoms. The number of rotatable bonds is 4. The summed E-state index contributed by atoms with van der Waals surface area (Å²) in [7, 11) is 0. The second kappa shape index (κ2) is 4.53. The lowest BCUT2D eigenvalue weighted by Crippen LogP contribution is -2.08. The quantitative estimate of drug-likeness (QED) is 0.896. The summed E-state index contributed by atoms with van der Waals surface area (Å²) in [4.78, 5) is 0. The van der Waals surface area contributed by atoms with Gasteiger partial charge in [-0.3, -0.25) is 0 Å². The minimum absolute atomic E-state index is 0.139. The molecule has 1 aromatic heterocycles. The predicted molar refractivity (Wildman–Crippen MR) is 68.1 cm³/mol. The molecule has 1 aromatic carbocycles. The van der Waals surface area contributed by atoms with E-state index < -0.39 is 0 Å². The summed E-state index contributed by atoms with van der Waals surface area (Å²) in [6, 6.07) is 10.3. The van der Waals surface area contributed by atoms with Crippen LogP contribution in [0.25, 0.3) is 0 Å². The Bertz CT molecular complexity index is 523. The van der Waals surface area contributed by atoms with Crippen LogP contribution in [-0.2, 0) is 0 Å². The van der Waals surface area contributed by atoms with Crippen LogP contribution in [0.3, 0.4) is 0 Å². The highest BCUT2D eigenvalue weighted by Crippen LogP contribution is 2.54. The van der Waals surface area contributed by atoms with Gasteiger partial charge in [-0.25, -0.2) is 0 Å². The average molecular weight is 243 g/mol. The third-order valence-corrected chi connectivity index (χ3v) is 3.55. The van der Waals surface area contributed by atoms with E-state index in [1.165, 1.54) is 5.56 Å². The van der Waals surface area contributed by atoms with Crippen LogP contribution in [-0.4, -0.2) is 10.2 Å². The van der Waals surface area contributed by atoms with Gasteiger partial charge in [-0.1, -0.05) is 37.3 Å². The Labute approximate surface area is 106 Å². The monoisotopic (exact) mass is 243 g/mol. The van der Waals surface area contributed by atoms with E-state index >= 15 is 0 Å². The van der Waals surface area contributed by atoms with Gasteiger partial charge in [0.15, 0.2) is 0 Å². The first-order valence-corrected chi connectivity index (χ1v) is 6.43. The number of nitrogens with zero attached hydrogens (tertiary/aromatic N) is 2. The van der Waals surface area contributed by atoms with Gasteiger partial charge in [0, 0.05) is 5.92 Å². The lowest BCUT2D eigenvalue weighted by atomic mass is 10.1. The van der Waals surface area contributed by atoms with Crippen LogP contribution in [0.1, 0.15) is 55.0 Å². The van der Waals surface area contributed by atoms with Crippen LogP contribution in [0.5, 0.6) is 0 Å². The molecule has 0 aliphatic heterocycles. The van der Waals surface area contributed by atoms with Gasteiger partial charge in [-0.2, -0.15) is 0 Å². The lowest BCUT2D eigenvalue weighted by Gasteiger charge is -2.00. The number of hydrogen-bond acceptors (Lipinski definition) is 4. The van der Waals surface area contributed by atoms with Crippen molar-refractivity contribution in [2.24, 2.45) is 5.73 Å². The molecule has 1 aliphatic carbocycles. The van der Waals surface area contributed by atoms with Gasteiger partial charge in [-0.05, 0) is 24.3 Å². The zero-order valence-corrected chi connectivity index (χ0v) is 10.4. The largest absolute Gasteiger partial charge is 0.423 e. The molecule has 1 aliphatic rings. The molecule has 1 heterocycles. The van der Waals surface area contributed by atoms with Crippen molar-refractivity contribution in [3.8, 4) is 0 Å². The fourth-order valence-electron chi connectivity index (χ4n) is 2.26. The van der Waals surface area contributed by atoms with Crippen molar-refractivity contribution in [2.45, 2.75) is 37.6 Å². The minimum atomic E-state index is -0.139. The molecule has 0 spiro atoms. The van der Waals surface area contributed by atoms with E-state index in [-0.39, 0.29) is 6.04 Å². The standard InChI is InChI=1S/C14H17N3O/c1-2-12(15)14-17-16-13(18-14)11-8-10(11)9-6-4-3-5-7-9/h3-7,10-12H,2,8,15H2,1H3. The third-order valence-electron chi connectivity index (χ3n) is 3.55. The second-order valence-corrected chi connectivity index (χ2v) is 4.85. The summed E-state index contributed by atoms with van der Waals surface area (Å²) in [5.41, 5.74) is 7.23. The number of aromatic nitrogens is 2. The molecule has 4 nitrogen and oxygen atoms in total. The molecule has 3 atom stereocenters. The average Bonchev–Trinajstić information content (AvgIpc) is 3.08. The van der Waals surface area contributed by atoms with E-state index in [2.05, 4.69) is 34.5 Å². The molecule has 4 heteroatoms. The number of hydrogen-bond donors (Lipinski definition) is 1. The summed E-state index contributed by atoms with van der Waals surface area (Å²) in [5, 5.41) is 8.16. The summed E-state index contributed by atoms with van der Waals surface area (Å²) in [6.45, 7) is 2.01. The van der Waals surface area contributed by atoms with E-state index in [4.69, 9.17) is 10.2 Å². The molecule has 2 aromatic rings. The Kier molecular flexibility index (Phi) is 2.88. The van der Waals surface area contributed by atoms with Crippen molar-refractivity contribution in [3.05, 3.63) is 47.7 Å². The number of benzene rings is 1. The Morgan fingerprint density at radius 3 is 2.78 bits per heavy atom. The van der Waals surface area contributed by atoms with E-state index in [0.717, 1.165) is 18.7 Å². The maximum Gasteiger partial charge on any atom is 0.233 e. The molecular weight excluding hydrogens is 226 g/mol. The van der Waals surface area contributed by atoms with Crippen molar-refractivity contribution in [3.63, 3.8) is 0 Å². The third kappa shape index (κ3) is 2.04. The van der Waals surface area contributed by atoms with E-state index in [1.54, 1.807) is 0 Å². The first-order chi connectivity index (χ1) is 8.79. The highest BCUT2D eigenvalue weighted by molar-refractivity contribution is 5.30. The first kappa shape index (κ1) is 11.4. The van der Waals surface area contributed by atoms with Gasteiger partial charge in [0.2, 0.25) is 11.8 Å². The van der Waals surface area contributed by atoms with Gasteiger partial charge in [0.05, 0.1) is 6.04 Å². The van der Waals surface area contributed by atoms with Crippen molar-refractivity contribution in [2.75, 3.05) is 0 Å². The van der Waals surface area contributed by atoms with Gasteiger partial charge >= 0.3 is 0 Å². The first-order valence-electron chi connectivity index (χ1n) is 6.43. The fourth-order valence-corrected chi connectivity index (χ4v) is 2.26. The SMILES string of the molecule is CCC(N)c1nnc(C2CC2c2ccccc2)o1. The zero-order chi connectivity index (χ0) is 12.5. The molecule has 18 heavy (non-hydrogen) atoms. The van der Waals surface area contributed by atoms with Crippen LogP contribution in [0.15, 0.2) is 34.7 Å². The van der Waals surface area contributed by atoms with Gasteiger partial charge in [0.1, 0.15) is 0 Å². The van der Waals surface area contributed by atoms with Crippen LogP contribution in [0.2, 0.25) is 0 Å². The van der Waals surface area contributed by atoms with E-state index in [9.17, 15) is 0 Å². The van der Waals surface area contributed by atoms with Gasteiger partial charge in [0.25, 0.3) is 0 Å². The topological polar surface area (TPSA) is 64.9 Å². The Balaban J connectivity index is 1.73.